The average molecular weight is 316 g/mol. The Hall–Kier alpha value is -2.14. The lowest BCUT2D eigenvalue weighted by Gasteiger charge is -2.24. The van der Waals surface area contributed by atoms with Crippen molar-refractivity contribution in [3.8, 4) is 0 Å². The van der Waals surface area contributed by atoms with Gasteiger partial charge >= 0.3 is 0 Å². The quantitative estimate of drug-likeness (QED) is 0.921. The maximum Gasteiger partial charge on any atom is 0.254 e. The number of hydrogen-bond acceptors (Lipinski definition) is 3. The molecular weight excluding hydrogens is 296 g/mol. The van der Waals surface area contributed by atoms with Crippen LogP contribution in [0.4, 0.5) is 0 Å². The van der Waals surface area contributed by atoms with Crippen molar-refractivity contribution in [2.24, 2.45) is 0 Å². The van der Waals surface area contributed by atoms with E-state index in [9.17, 15) is 9.59 Å². The van der Waals surface area contributed by atoms with Crippen LogP contribution in [-0.4, -0.2) is 23.8 Å². The molecule has 2 amide bonds. The summed E-state index contributed by atoms with van der Waals surface area (Å²) in [5.41, 5.74) is 1.62. The molecule has 1 N–H and O–H groups in total. The summed E-state index contributed by atoms with van der Waals surface area (Å²) in [6.07, 6.45) is 0. The molecule has 116 valence electrons. The minimum absolute atomic E-state index is 0.00743. The summed E-state index contributed by atoms with van der Waals surface area (Å²) in [5, 5.41) is 4.75. The summed E-state index contributed by atoms with van der Waals surface area (Å²) in [4.78, 5) is 26.3. The van der Waals surface area contributed by atoms with Gasteiger partial charge in [-0.1, -0.05) is 18.2 Å². The smallest absolute Gasteiger partial charge is 0.254 e. The van der Waals surface area contributed by atoms with Crippen LogP contribution in [-0.2, 0) is 11.3 Å². The van der Waals surface area contributed by atoms with Crippen LogP contribution in [0, 0.1) is 0 Å². The van der Waals surface area contributed by atoms with E-state index >= 15 is 0 Å². The zero-order chi connectivity index (χ0) is 16.1. The second kappa shape index (κ2) is 7.22. The van der Waals surface area contributed by atoms with E-state index in [-0.39, 0.29) is 17.9 Å². The lowest BCUT2D eigenvalue weighted by Crippen LogP contribution is -2.29. The van der Waals surface area contributed by atoms with Crippen molar-refractivity contribution in [1.29, 1.82) is 0 Å². The lowest BCUT2D eigenvalue weighted by molar-refractivity contribution is -0.119. The number of carbonyl (C=O) groups excluding carboxylic acids is 2. The van der Waals surface area contributed by atoms with Gasteiger partial charge in [-0.2, -0.15) is 0 Å². The fourth-order valence-corrected chi connectivity index (χ4v) is 2.92. The van der Waals surface area contributed by atoms with Gasteiger partial charge in [-0.15, -0.1) is 11.3 Å². The van der Waals surface area contributed by atoms with Crippen molar-refractivity contribution in [3.05, 3.63) is 57.8 Å². The first kappa shape index (κ1) is 16.2. The van der Waals surface area contributed by atoms with E-state index < -0.39 is 0 Å². The standard InChI is InChI=1S/C17H20N2O2S/c1-12(16-5-4-10-22-16)19(3)17(21)15-8-6-14(7-9-15)11-18-13(2)20/h4-10,12H,11H2,1-3H3,(H,18,20)/t12-/m1/s1. The van der Waals surface area contributed by atoms with E-state index in [1.807, 2.05) is 43.6 Å². The lowest BCUT2D eigenvalue weighted by atomic mass is 10.1. The molecule has 2 rings (SSSR count). The Kier molecular flexibility index (Phi) is 5.33. The second-order valence-corrected chi connectivity index (χ2v) is 6.19. The Morgan fingerprint density at radius 3 is 2.45 bits per heavy atom. The number of nitrogens with zero attached hydrogens (tertiary/aromatic N) is 1. The largest absolute Gasteiger partial charge is 0.352 e. The molecule has 0 spiro atoms. The van der Waals surface area contributed by atoms with Gasteiger partial charge in [0.25, 0.3) is 5.91 Å². The number of carbonyl (C=O) groups is 2. The SMILES string of the molecule is CC(=O)NCc1ccc(C(=O)N(C)[C@H](C)c2cccs2)cc1. The van der Waals surface area contributed by atoms with Crippen LogP contribution in [0.2, 0.25) is 0 Å². The molecule has 0 fully saturated rings. The highest BCUT2D eigenvalue weighted by Gasteiger charge is 2.19. The number of nitrogens with one attached hydrogen (secondary N) is 1. The van der Waals surface area contributed by atoms with Gasteiger partial charge in [-0.3, -0.25) is 9.59 Å². The zero-order valence-corrected chi connectivity index (χ0v) is 13.8. The van der Waals surface area contributed by atoms with E-state index in [1.165, 1.54) is 6.92 Å². The second-order valence-electron chi connectivity index (χ2n) is 5.21. The minimum Gasteiger partial charge on any atom is -0.352 e. The van der Waals surface area contributed by atoms with Gasteiger partial charge in [0.1, 0.15) is 0 Å². The van der Waals surface area contributed by atoms with Crippen molar-refractivity contribution < 1.29 is 9.59 Å². The van der Waals surface area contributed by atoms with Gasteiger partial charge in [0.2, 0.25) is 5.91 Å². The number of benzene rings is 1. The Balaban J connectivity index is 2.04. The van der Waals surface area contributed by atoms with Gasteiger partial charge in [0, 0.05) is 31.0 Å². The maximum atomic E-state index is 12.5. The van der Waals surface area contributed by atoms with E-state index in [4.69, 9.17) is 0 Å². The van der Waals surface area contributed by atoms with E-state index in [0.717, 1.165) is 10.4 Å². The first-order chi connectivity index (χ1) is 10.5. The van der Waals surface area contributed by atoms with Crippen molar-refractivity contribution >= 4 is 23.2 Å². The third kappa shape index (κ3) is 3.95. The van der Waals surface area contributed by atoms with Gasteiger partial charge in [-0.05, 0) is 36.1 Å². The number of thiophene rings is 1. The van der Waals surface area contributed by atoms with E-state index in [0.29, 0.717) is 12.1 Å². The summed E-state index contributed by atoms with van der Waals surface area (Å²) < 4.78 is 0. The Morgan fingerprint density at radius 2 is 1.91 bits per heavy atom. The molecule has 1 atom stereocenters. The van der Waals surface area contributed by atoms with Crippen molar-refractivity contribution in [2.45, 2.75) is 26.4 Å². The highest BCUT2D eigenvalue weighted by molar-refractivity contribution is 7.10. The number of amides is 2. The summed E-state index contributed by atoms with van der Waals surface area (Å²) in [6.45, 7) is 3.99. The average Bonchev–Trinajstić information content (AvgIpc) is 3.05. The molecule has 0 aliphatic rings. The normalized spacial score (nSPS) is 11.8. The molecule has 0 bridgehead atoms. The molecule has 0 aliphatic heterocycles. The first-order valence-corrected chi connectivity index (χ1v) is 8.01. The molecule has 0 unspecified atom stereocenters. The van der Waals surface area contributed by atoms with E-state index in [2.05, 4.69) is 5.32 Å². The molecule has 0 saturated carbocycles. The van der Waals surface area contributed by atoms with Crippen LogP contribution in [0.5, 0.6) is 0 Å². The third-order valence-corrected chi connectivity index (χ3v) is 4.64. The molecule has 0 aliphatic carbocycles. The van der Waals surface area contributed by atoms with Crippen molar-refractivity contribution in [1.82, 2.24) is 10.2 Å². The minimum atomic E-state index is -0.0651. The van der Waals surface area contributed by atoms with Crippen LogP contribution in [0.15, 0.2) is 41.8 Å². The predicted molar refractivity (Wildman–Crippen MR) is 88.8 cm³/mol. The molecule has 1 aromatic heterocycles. The fraction of sp³-hybridized carbons (Fsp3) is 0.294. The van der Waals surface area contributed by atoms with Crippen LogP contribution >= 0.6 is 11.3 Å². The Morgan fingerprint density at radius 1 is 1.23 bits per heavy atom. The summed E-state index contributed by atoms with van der Waals surface area (Å²) in [7, 11) is 1.82. The zero-order valence-electron chi connectivity index (χ0n) is 13.0. The molecular formula is C17H20N2O2S. The molecule has 0 radical (unpaired) electrons. The molecule has 22 heavy (non-hydrogen) atoms. The summed E-state index contributed by atoms with van der Waals surface area (Å²) >= 11 is 1.65. The van der Waals surface area contributed by atoms with Gasteiger partial charge < -0.3 is 10.2 Å². The van der Waals surface area contributed by atoms with Gasteiger partial charge in [0.05, 0.1) is 6.04 Å². The summed E-state index contributed by atoms with van der Waals surface area (Å²) in [6, 6.07) is 11.4. The molecule has 2 aromatic rings. The predicted octanol–water partition coefficient (Wildman–Crippen LogP) is 3.22. The van der Waals surface area contributed by atoms with Crippen LogP contribution in [0.1, 0.15) is 40.7 Å². The number of rotatable bonds is 5. The van der Waals surface area contributed by atoms with Crippen LogP contribution in [0.25, 0.3) is 0 Å². The van der Waals surface area contributed by atoms with Crippen molar-refractivity contribution in [2.75, 3.05) is 7.05 Å². The third-order valence-electron chi connectivity index (χ3n) is 3.60. The molecule has 1 heterocycles. The molecule has 5 heteroatoms. The highest BCUT2D eigenvalue weighted by atomic mass is 32.1. The number of hydrogen-bond donors (Lipinski definition) is 1. The van der Waals surface area contributed by atoms with E-state index in [1.54, 1.807) is 28.4 Å². The Labute approximate surface area is 134 Å². The van der Waals surface area contributed by atoms with Crippen LogP contribution < -0.4 is 5.32 Å². The van der Waals surface area contributed by atoms with Gasteiger partial charge in [0.15, 0.2) is 0 Å². The van der Waals surface area contributed by atoms with Gasteiger partial charge in [-0.25, -0.2) is 0 Å². The molecule has 1 aromatic carbocycles. The maximum absolute atomic E-state index is 12.5. The van der Waals surface area contributed by atoms with Crippen LogP contribution in [0.3, 0.4) is 0 Å². The monoisotopic (exact) mass is 316 g/mol. The topological polar surface area (TPSA) is 49.4 Å². The molecule has 4 nitrogen and oxygen atoms in total. The highest BCUT2D eigenvalue weighted by Crippen LogP contribution is 2.24. The summed E-state index contributed by atoms with van der Waals surface area (Å²) in [5.74, 6) is -0.0726. The fourth-order valence-electron chi connectivity index (χ4n) is 2.09. The van der Waals surface area contributed by atoms with Crippen molar-refractivity contribution in [3.63, 3.8) is 0 Å². The first-order valence-electron chi connectivity index (χ1n) is 7.13. The molecule has 0 saturated heterocycles. The Bertz CT molecular complexity index is 635.